The maximum Gasteiger partial charge on any atom is 0.306 e. The summed E-state index contributed by atoms with van der Waals surface area (Å²) in [7, 11) is 1.80. The Bertz CT molecular complexity index is 743. The van der Waals surface area contributed by atoms with E-state index in [0.717, 1.165) is 17.6 Å². The van der Waals surface area contributed by atoms with Crippen LogP contribution in [-0.2, 0) is 14.3 Å². The Morgan fingerprint density at radius 1 is 1.41 bits per heavy atom. The minimum atomic E-state index is -0.138. The molecule has 2 aromatic heterocycles. The van der Waals surface area contributed by atoms with E-state index < -0.39 is 0 Å². The van der Waals surface area contributed by atoms with E-state index in [9.17, 15) is 4.79 Å². The van der Waals surface area contributed by atoms with E-state index >= 15 is 0 Å². The van der Waals surface area contributed by atoms with Crippen LogP contribution in [0.15, 0.2) is 6.20 Å². The zero-order valence-electron chi connectivity index (χ0n) is 12.4. The van der Waals surface area contributed by atoms with Crippen LogP contribution in [0.1, 0.15) is 30.3 Å². The molecule has 22 heavy (non-hydrogen) atoms. The molecule has 2 saturated heterocycles. The molecule has 4 rings (SSSR count). The number of anilines is 1. The van der Waals surface area contributed by atoms with Crippen LogP contribution >= 0.6 is 0 Å². The quantitative estimate of drug-likeness (QED) is 0.823. The van der Waals surface area contributed by atoms with Gasteiger partial charge in [0.25, 0.3) is 0 Å². The van der Waals surface area contributed by atoms with Crippen LogP contribution in [0.3, 0.4) is 0 Å². The van der Waals surface area contributed by atoms with Crippen molar-refractivity contribution in [2.75, 3.05) is 19.0 Å². The van der Waals surface area contributed by atoms with Gasteiger partial charge in [-0.25, -0.2) is 4.98 Å². The molecule has 0 amide bonds. The highest BCUT2D eigenvalue weighted by molar-refractivity contribution is 5.70. The van der Waals surface area contributed by atoms with Crippen molar-refractivity contribution in [3.63, 3.8) is 0 Å². The van der Waals surface area contributed by atoms with E-state index in [4.69, 9.17) is 9.47 Å². The summed E-state index contributed by atoms with van der Waals surface area (Å²) in [6, 6.07) is 0. The number of cyclic esters (lactones) is 1. The third kappa shape index (κ3) is 2.02. The van der Waals surface area contributed by atoms with Crippen molar-refractivity contribution in [1.29, 1.82) is 0 Å². The maximum atomic E-state index is 11.4. The molecule has 1 N–H and O–H groups in total. The van der Waals surface area contributed by atoms with Crippen LogP contribution in [-0.4, -0.2) is 45.3 Å². The van der Waals surface area contributed by atoms with Crippen molar-refractivity contribution in [3.05, 3.63) is 17.6 Å². The summed E-state index contributed by atoms with van der Waals surface area (Å²) in [4.78, 5) is 20.2. The highest BCUT2D eigenvalue weighted by Gasteiger charge is 2.42. The van der Waals surface area contributed by atoms with Gasteiger partial charge in [0.2, 0.25) is 5.95 Å². The van der Waals surface area contributed by atoms with Crippen LogP contribution in [0, 0.1) is 12.8 Å². The lowest BCUT2D eigenvalue weighted by Crippen LogP contribution is -2.32. The summed E-state index contributed by atoms with van der Waals surface area (Å²) >= 11 is 0. The normalized spacial score (nSPS) is 27.7. The fourth-order valence-corrected chi connectivity index (χ4v) is 3.23. The van der Waals surface area contributed by atoms with Gasteiger partial charge in [-0.3, -0.25) is 4.79 Å². The Labute approximate surface area is 126 Å². The summed E-state index contributed by atoms with van der Waals surface area (Å²) in [5, 5.41) is 7.37. The van der Waals surface area contributed by atoms with Crippen LogP contribution in [0.5, 0.6) is 0 Å². The predicted octanol–water partition coefficient (Wildman–Crippen LogP) is 0.868. The predicted molar refractivity (Wildman–Crippen MR) is 76.4 cm³/mol. The zero-order valence-corrected chi connectivity index (χ0v) is 12.4. The Kier molecular flexibility index (Phi) is 3.00. The number of carbonyl (C=O) groups is 1. The van der Waals surface area contributed by atoms with Gasteiger partial charge in [-0.15, -0.1) is 0 Å². The van der Waals surface area contributed by atoms with Crippen molar-refractivity contribution in [1.82, 2.24) is 19.6 Å². The summed E-state index contributed by atoms with van der Waals surface area (Å²) in [6.45, 7) is 2.19. The number of nitrogens with one attached hydrogen (secondary N) is 1. The van der Waals surface area contributed by atoms with Gasteiger partial charge in [-0.05, 0) is 13.3 Å². The fraction of sp³-hybridized carbons (Fsp3) is 0.571. The standard InChI is InChI=1S/C14H17N5O3/c1-7-17-13-9(5-16-19(13)14(15-2)18-7)10-3-8-4-12(20)21-6-11(8)22-10/h5,8,10-11H,3-4,6H2,1-2H3,(H,15,17,18)/t8-,10+,11+/m0/s1. The summed E-state index contributed by atoms with van der Waals surface area (Å²) in [6.07, 6.45) is 2.86. The number of rotatable bonds is 2. The first-order valence-electron chi connectivity index (χ1n) is 7.37. The maximum absolute atomic E-state index is 11.4. The van der Waals surface area contributed by atoms with Gasteiger partial charge in [0.1, 0.15) is 12.4 Å². The molecular formula is C14H17N5O3. The smallest absolute Gasteiger partial charge is 0.306 e. The van der Waals surface area contributed by atoms with Crippen molar-refractivity contribution >= 4 is 17.6 Å². The Morgan fingerprint density at radius 2 is 2.27 bits per heavy atom. The molecule has 3 atom stereocenters. The van der Waals surface area contributed by atoms with E-state index in [0.29, 0.717) is 24.8 Å². The molecule has 0 saturated carbocycles. The number of ether oxygens (including phenoxy) is 2. The lowest BCUT2D eigenvalue weighted by molar-refractivity contribution is -0.156. The number of aromatic nitrogens is 4. The number of nitrogens with zero attached hydrogens (tertiary/aromatic N) is 4. The van der Waals surface area contributed by atoms with E-state index in [1.807, 2.05) is 6.92 Å². The highest BCUT2D eigenvalue weighted by Crippen LogP contribution is 2.41. The molecule has 0 aromatic carbocycles. The van der Waals surface area contributed by atoms with Gasteiger partial charge < -0.3 is 14.8 Å². The van der Waals surface area contributed by atoms with E-state index in [2.05, 4.69) is 20.4 Å². The first-order chi connectivity index (χ1) is 10.7. The van der Waals surface area contributed by atoms with E-state index in [1.165, 1.54) is 0 Å². The van der Waals surface area contributed by atoms with E-state index in [1.54, 1.807) is 17.8 Å². The molecular weight excluding hydrogens is 286 g/mol. The van der Waals surface area contributed by atoms with Crippen LogP contribution in [0.2, 0.25) is 0 Å². The Morgan fingerprint density at radius 3 is 3.09 bits per heavy atom. The topological polar surface area (TPSA) is 90.6 Å². The second-order valence-electron chi connectivity index (χ2n) is 5.73. The lowest BCUT2D eigenvalue weighted by atomic mass is 9.93. The van der Waals surface area contributed by atoms with Crippen LogP contribution in [0.4, 0.5) is 5.95 Å². The van der Waals surface area contributed by atoms with E-state index in [-0.39, 0.29) is 24.1 Å². The molecule has 0 unspecified atom stereocenters. The van der Waals surface area contributed by atoms with Crippen molar-refractivity contribution in [3.8, 4) is 0 Å². The van der Waals surface area contributed by atoms with Crippen molar-refractivity contribution in [2.45, 2.75) is 32.0 Å². The first kappa shape index (κ1) is 13.4. The number of hydrogen-bond donors (Lipinski definition) is 1. The highest BCUT2D eigenvalue weighted by atomic mass is 16.6. The number of hydrogen-bond acceptors (Lipinski definition) is 7. The fourth-order valence-electron chi connectivity index (χ4n) is 3.23. The summed E-state index contributed by atoms with van der Waals surface area (Å²) in [5.41, 5.74) is 1.68. The third-order valence-corrected chi connectivity index (χ3v) is 4.30. The number of fused-ring (bicyclic) bond motifs is 2. The molecule has 8 nitrogen and oxygen atoms in total. The van der Waals surface area contributed by atoms with Gasteiger partial charge in [0, 0.05) is 18.5 Å². The monoisotopic (exact) mass is 303 g/mol. The molecule has 8 heteroatoms. The second-order valence-corrected chi connectivity index (χ2v) is 5.73. The summed E-state index contributed by atoms with van der Waals surface area (Å²) < 4.78 is 12.8. The third-order valence-electron chi connectivity index (χ3n) is 4.30. The lowest BCUT2D eigenvalue weighted by Gasteiger charge is -2.22. The van der Waals surface area contributed by atoms with Crippen LogP contribution in [0.25, 0.3) is 5.65 Å². The van der Waals surface area contributed by atoms with Crippen molar-refractivity contribution in [2.24, 2.45) is 5.92 Å². The van der Waals surface area contributed by atoms with Gasteiger partial charge in [-0.2, -0.15) is 14.6 Å². The molecule has 0 spiro atoms. The minimum absolute atomic E-state index is 0.0237. The molecule has 0 aliphatic carbocycles. The summed E-state index contributed by atoms with van der Waals surface area (Å²) in [5.74, 6) is 1.39. The minimum Gasteiger partial charge on any atom is -0.463 e. The second kappa shape index (κ2) is 4.91. The number of carbonyl (C=O) groups excluding carboxylic acids is 1. The first-order valence-corrected chi connectivity index (χ1v) is 7.37. The molecule has 0 radical (unpaired) electrons. The van der Waals surface area contributed by atoms with Gasteiger partial charge in [0.05, 0.1) is 24.8 Å². The molecule has 2 aliphatic rings. The van der Waals surface area contributed by atoms with Gasteiger partial charge in [-0.1, -0.05) is 0 Å². The van der Waals surface area contributed by atoms with Gasteiger partial charge in [0.15, 0.2) is 5.65 Å². The van der Waals surface area contributed by atoms with Crippen LogP contribution < -0.4 is 5.32 Å². The average Bonchev–Trinajstić information content (AvgIpc) is 3.08. The molecule has 4 heterocycles. The number of aryl methyl sites for hydroxylation is 1. The van der Waals surface area contributed by atoms with Gasteiger partial charge >= 0.3 is 5.97 Å². The molecule has 0 bridgehead atoms. The number of esters is 1. The Hall–Kier alpha value is -2.22. The Balaban J connectivity index is 1.70. The van der Waals surface area contributed by atoms with Crippen molar-refractivity contribution < 1.29 is 14.3 Å². The molecule has 2 fully saturated rings. The molecule has 2 aromatic rings. The largest absolute Gasteiger partial charge is 0.463 e. The molecule has 116 valence electrons. The zero-order chi connectivity index (χ0) is 15.3. The molecule has 2 aliphatic heterocycles. The SMILES string of the molecule is CNc1nc(C)nc2c([C@H]3C[C@H]4CC(=O)OC[C@H]4O3)cnn12. The average molecular weight is 303 g/mol.